The summed E-state index contributed by atoms with van der Waals surface area (Å²) < 4.78 is 32.8. The third kappa shape index (κ3) is 3.19. The van der Waals surface area contributed by atoms with Crippen molar-refractivity contribution in [2.45, 2.75) is 38.9 Å². The summed E-state index contributed by atoms with van der Waals surface area (Å²) in [7, 11) is -2.25. The molecule has 96 valence electrons. The van der Waals surface area contributed by atoms with E-state index in [9.17, 15) is 8.78 Å². The summed E-state index contributed by atoms with van der Waals surface area (Å²) in [5.74, 6) is -1.82. The van der Waals surface area contributed by atoms with Crippen molar-refractivity contribution < 1.29 is 13.2 Å². The zero-order chi connectivity index (χ0) is 13.4. The smallest absolute Gasteiger partial charge is 0.250 e. The maximum atomic E-state index is 13.6. The Morgan fingerprint density at radius 2 is 1.53 bits per heavy atom. The van der Waals surface area contributed by atoms with Crippen molar-refractivity contribution in [3.8, 4) is 5.75 Å². The largest absolute Gasteiger partial charge is 0.540 e. The molecule has 0 spiro atoms. The molecule has 5 heteroatoms. The molecule has 0 N–H and O–H groups in total. The van der Waals surface area contributed by atoms with Crippen molar-refractivity contribution in [1.29, 1.82) is 0 Å². The minimum absolute atomic E-state index is 0.0302. The Hall–Kier alpha value is -0.613. The molecular formula is C12H17ClF2OSi. The van der Waals surface area contributed by atoms with Gasteiger partial charge in [-0.25, -0.2) is 8.78 Å². The van der Waals surface area contributed by atoms with Gasteiger partial charge in [0.25, 0.3) is 8.32 Å². The monoisotopic (exact) mass is 278 g/mol. The molecule has 0 heterocycles. The number of hydrogen-bond acceptors (Lipinski definition) is 1. The Bertz CT molecular complexity index is 404. The van der Waals surface area contributed by atoms with Gasteiger partial charge in [-0.2, -0.15) is 0 Å². The normalized spacial score (nSPS) is 12.7. The Kier molecular flexibility index (Phi) is 3.89. The quantitative estimate of drug-likeness (QED) is 0.692. The summed E-state index contributed by atoms with van der Waals surface area (Å²) in [6, 6.07) is 2.13. The Labute approximate surface area is 107 Å². The first-order valence-corrected chi connectivity index (χ1v) is 8.67. The molecule has 1 aromatic rings. The number of rotatable bonds is 2. The minimum atomic E-state index is -2.25. The van der Waals surface area contributed by atoms with E-state index in [1.165, 1.54) is 0 Å². The summed E-state index contributed by atoms with van der Waals surface area (Å²) in [5.41, 5.74) is 0. The van der Waals surface area contributed by atoms with Gasteiger partial charge in [-0.05, 0) is 30.3 Å². The number of halogens is 3. The lowest BCUT2D eigenvalue weighted by molar-refractivity contribution is 0.424. The summed E-state index contributed by atoms with van der Waals surface area (Å²) in [6.45, 7) is 9.88. The molecule has 0 aromatic heterocycles. The Morgan fingerprint density at radius 1 is 1.12 bits per heavy atom. The van der Waals surface area contributed by atoms with Crippen LogP contribution in [0.5, 0.6) is 5.75 Å². The van der Waals surface area contributed by atoms with Gasteiger partial charge in [-0.3, -0.25) is 0 Å². The summed E-state index contributed by atoms with van der Waals surface area (Å²) in [5, 5.41) is -0.0894. The fourth-order valence-electron chi connectivity index (χ4n) is 1.03. The van der Waals surface area contributed by atoms with E-state index >= 15 is 0 Å². The molecular weight excluding hydrogens is 262 g/mol. The van der Waals surface area contributed by atoms with Gasteiger partial charge < -0.3 is 4.43 Å². The third-order valence-corrected chi connectivity index (χ3v) is 7.67. The van der Waals surface area contributed by atoms with E-state index in [2.05, 4.69) is 0 Å². The second-order valence-corrected chi connectivity index (χ2v) is 10.7. The maximum absolute atomic E-state index is 13.6. The molecule has 1 rings (SSSR count). The molecule has 1 aromatic carbocycles. The molecule has 0 atom stereocenters. The van der Waals surface area contributed by atoms with Gasteiger partial charge >= 0.3 is 0 Å². The zero-order valence-electron chi connectivity index (χ0n) is 10.7. The third-order valence-electron chi connectivity index (χ3n) is 3.13. The minimum Gasteiger partial charge on any atom is -0.540 e. The molecule has 0 aliphatic rings. The molecule has 0 aliphatic heterocycles. The van der Waals surface area contributed by atoms with Crippen molar-refractivity contribution in [3.63, 3.8) is 0 Å². The zero-order valence-corrected chi connectivity index (χ0v) is 12.5. The lowest BCUT2D eigenvalue weighted by Gasteiger charge is -2.36. The van der Waals surface area contributed by atoms with Crippen molar-refractivity contribution in [3.05, 3.63) is 28.8 Å². The van der Waals surface area contributed by atoms with Crippen molar-refractivity contribution in [2.75, 3.05) is 0 Å². The van der Waals surface area contributed by atoms with Crippen molar-refractivity contribution in [2.24, 2.45) is 0 Å². The molecule has 0 saturated carbocycles. The molecule has 1 nitrogen and oxygen atoms in total. The van der Waals surface area contributed by atoms with E-state index in [4.69, 9.17) is 16.0 Å². The second kappa shape index (κ2) is 4.57. The van der Waals surface area contributed by atoms with Gasteiger partial charge in [0.1, 0.15) is 0 Å². The van der Waals surface area contributed by atoms with Gasteiger partial charge in [0, 0.05) is 5.02 Å². The summed E-state index contributed by atoms with van der Waals surface area (Å²) in [4.78, 5) is 0. The first-order valence-electron chi connectivity index (χ1n) is 5.38. The highest BCUT2D eigenvalue weighted by atomic mass is 35.5. The molecule has 0 amide bonds. The van der Waals surface area contributed by atoms with E-state index < -0.39 is 20.0 Å². The van der Waals surface area contributed by atoms with Gasteiger partial charge in [0.2, 0.25) is 0 Å². The standard InChI is InChI=1S/C12H17ClF2OSi/c1-12(2,3)17(4,5)16-11-9(14)6-8(13)7-10(11)15/h6-7H,1-5H3. The maximum Gasteiger partial charge on any atom is 0.250 e. The van der Waals surface area contributed by atoms with E-state index in [1.54, 1.807) is 0 Å². The molecule has 0 unspecified atom stereocenters. The first kappa shape index (κ1) is 14.4. The van der Waals surface area contributed by atoms with Gasteiger partial charge in [0.15, 0.2) is 17.4 Å². The van der Waals surface area contributed by atoms with Crippen LogP contribution in [0.2, 0.25) is 23.2 Å². The lowest BCUT2D eigenvalue weighted by atomic mass is 10.2. The predicted octanol–water partition coefficient (Wildman–Crippen LogP) is 5.00. The average Bonchev–Trinajstić information content (AvgIpc) is 2.09. The lowest BCUT2D eigenvalue weighted by Crippen LogP contribution is -2.44. The van der Waals surface area contributed by atoms with E-state index in [0.717, 1.165) is 12.1 Å². The van der Waals surface area contributed by atoms with E-state index in [1.807, 2.05) is 33.9 Å². The fourth-order valence-corrected chi connectivity index (χ4v) is 2.24. The van der Waals surface area contributed by atoms with Crippen LogP contribution in [-0.4, -0.2) is 8.32 Å². The van der Waals surface area contributed by atoms with E-state index in [-0.39, 0.29) is 15.8 Å². The van der Waals surface area contributed by atoms with Gasteiger partial charge in [-0.15, -0.1) is 0 Å². The summed E-state index contributed by atoms with van der Waals surface area (Å²) >= 11 is 5.56. The van der Waals surface area contributed by atoms with Crippen LogP contribution in [0.25, 0.3) is 0 Å². The number of benzene rings is 1. The average molecular weight is 279 g/mol. The number of hydrogen-bond donors (Lipinski definition) is 0. The predicted molar refractivity (Wildman–Crippen MR) is 69.2 cm³/mol. The second-order valence-electron chi connectivity index (χ2n) is 5.56. The van der Waals surface area contributed by atoms with Crippen LogP contribution < -0.4 is 4.43 Å². The van der Waals surface area contributed by atoms with Crippen LogP contribution in [0.1, 0.15) is 20.8 Å². The highest BCUT2D eigenvalue weighted by Crippen LogP contribution is 2.39. The van der Waals surface area contributed by atoms with E-state index in [0.29, 0.717) is 0 Å². The van der Waals surface area contributed by atoms with Crippen LogP contribution in [-0.2, 0) is 0 Å². The van der Waals surface area contributed by atoms with Gasteiger partial charge in [0.05, 0.1) is 0 Å². The SMILES string of the molecule is CC(C)(C)[Si](C)(C)Oc1c(F)cc(Cl)cc1F. The van der Waals surface area contributed by atoms with Gasteiger partial charge in [-0.1, -0.05) is 32.4 Å². The van der Waals surface area contributed by atoms with Crippen LogP contribution in [0.3, 0.4) is 0 Å². The topological polar surface area (TPSA) is 9.23 Å². The first-order chi connectivity index (χ1) is 7.54. The molecule has 17 heavy (non-hydrogen) atoms. The molecule has 0 aliphatic carbocycles. The van der Waals surface area contributed by atoms with Crippen molar-refractivity contribution >= 4 is 19.9 Å². The van der Waals surface area contributed by atoms with Crippen LogP contribution in [0, 0.1) is 11.6 Å². The highest BCUT2D eigenvalue weighted by Gasteiger charge is 2.40. The molecule has 0 bridgehead atoms. The summed E-state index contributed by atoms with van der Waals surface area (Å²) in [6.07, 6.45) is 0. The molecule has 0 saturated heterocycles. The van der Waals surface area contributed by atoms with Crippen LogP contribution in [0.15, 0.2) is 12.1 Å². The van der Waals surface area contributed by atoms with Crippen molar-refractivity contribution in [1.82, 2.24) is 0 Å². The fraction of sp³-hybridized carbons (Fsp3) is 0.500. The Balaban J connectivity index is 3.13. The van der Waals surface area contributed by atoms with Crippen LogP contribution >= 0.6 is 11.6 Å². The molecule has 0 radical (unpaired) electrons. The highest BCUT2D eigenvalue weighted by molar-refractivity contribution is 6.74. The molecule has 0 fully saturated rings. The van der Waals surface area contributed by atoms with Crippen LogP contribution in [0.4, 0.5) is 8.78 Å². The Morgan fingerprint density at radius 3 is 1.88 bits per heavy atom.